The first-order valence-corrected chi connectivity index (χ1v) is 6.63. The van der Waals surface area contributed by atoms with Crippen LogP contribution >= 0.6 is 0 Å². The van der Waals surface area contributed by atoms with Crippen molar-refractivity contribution >= 4 is 17.5 Å². The molecule has 0 bridgehead atoms. The topological polar surface area (TPSA) is 98.2 Å². The Morgan fingerprint density at radius 3 is 2.45 bits per heavy atom. The molecular weight excluding hydrogens is 261 g/mol. The van der Waals surface area contributed by atoms with Crippen molar-refractivity contribution < 1.29 is 14.0 Å². The van der Waals surface area contributed by atoms with E-state index in [2.05, 4.69) is 5.32 Å². The zero-order chi connectivity index (χ0) is 14.7. The number of rotatable bonds is 3. The molecule has 0 unspecified atom stereocenters. The number of benzene rings is 1. The van der Waals surface area contributed by atoms with Crippen LogP contribution < -0.4 is 16.8 Å². The van der Waals surface area contributed by atoms with Crippen molar-refractivity contribution in [3.63, 3.8) is 0 Å². The van der Waals surface area contributed by atoms with Gasteiger partial charge in [0.1, 0.15) is 5.82 Å². The fourth-order valence-electron chi connectivity index (χ4n) is 2.42. The predicted octanol–water partition coefficient (Wildman–Crippen LogP) is 1.38. The highest BCUT2D eigenvalue weighted by molar-refractivity contribution is 5.97. The van der Waals surface area contributed by atoms with Crippen molar-refractivity contribution in [2.24, 2.45) is 17.4 Å². The first-order chi connectivity index (χ1) is 9.47. The van der Waals surface area contributed by atoms with E-state index in [9.17, 15) is 14.0 Å². The zero-order valence-electron chi connectivity index (χ0n) is 11.1. The van der Waals surface area contributed by atoms with Crippen LogP contribution in [0.25, 0.3) is 0 Å². The summed E-state index contributed by atoms with van der Waals surface area (Å²) in [7, 11) is 0. The van der Waals surface area contributed by atoms with Gasteiger partial charge in [0.05, 0.1) is 5.56 Å². The van der Waals surface area contributed by atoms with Crippen molar-refractivity contribution in [3.05, 3.63) is 29.6 Å². The van der Waals surface area contributed by atoms with Crippen LogP contribution in [-0.2, 0) is 4.79 Å². The van der Waals surface area contributed by atoms with Gasteiger partial charge in [-0.15, -0.1) is 0 Å². The van der Waals surface area contributed by atoms with Crippen LogP contribution in [0.4, 0.5) is 10.1 Å². The van der Waals surface area contributed by atoms with Crippen LogP contribution in [0.3, 0.4) is 0 Å². The van der Waals surface area contributed by atoms with Gasteiger partial charge in [-0.1, -0.05) is 0 Å². The van der Waals surface area contributed by atoms with E-state index in [-0.39, 0.29) is 23.4 Å². The van der Waals surface area contributed by atoms with Gasteiger partial charge in [0.25, 0.3) is 5.91 Å². The van der Waals surface area contributed by atoms with Crippen LogP contribution in [0, 0.1) is 11.7 Å². The van der Waals surface area contributed by atoms with Crippen LogP contribution in [0.15, 0.2) is 18.2 Å². The highest BCUT2D eigenvalue weighted by Crippen LogP contribution is 2.25. The lowest BCUT2D eigenvalue weighted by molar-refractivity contribution is -0.120. The van der Waals surface area contributed by atoms with Gasteiger partial charge in [-0.3, -0.25) is 9.59 Å². The summed E-state index contributed by atoms with van der Waals surface area (Å²) in [6.07, 6.45) is 3.15. The lowest BCUT2D eigenvalue weighted by Gasteiger charge is -2.25. The number of amides is 2. The van der Waals surface area contributed by atoms with Gasteiger partial charge in [0, 0.05) is 17.6 Å². The number of carbonyl (C=O) groups is 2. The third-order valence-electron chi connectivity index (χ3n) is 3.64. The number of anilines is 1. The minimum atomic E-state index is -0.859. The summed E-state index contributed by atoms with van der Waals surface area (Å²) in [5.41, 5.74) is 11.0. The summed E-state index contributed by atoms with van der Waals surface area (Å²) < 4.78 is 13.3. The van der Waals surface area contributed by atoms with Crippen LogP contribution in [0.5, 0.6) is 0 Å². The quantitative estimate of drug-likeness (QED) is 0.779. The Morgan fingerprint density at radius 2 is 1.85 bits per heavy atom. The lowest BCUT2D eigenvalue weighted by atomic mass is 9.86. The van der Waals surface area contributed by atoms with Crippen molar-refractivity contribution in [1.82, 2.24) is 0 Å². The smallest absolute Gasteiger partial charge is 0.251 e. The first kappa shape index (κ1) is 14.5. The number of hydrogen-bond acceptors (Lipinski definition) is 3. The van der Waals surface area contributed by atoms with E-state index in [1.54, 1.807) is 0 Å². The average Bonchev–Trinajstić information content (AvgIpc) is 2.41. The molecule has 0 heterocycles. The number of nitrogens with one attached hydrogen (secondary N) is 1. The molecule has 1 aromatic rings. The Labute approximate surface area is 116 Å². The molecule has 5 N–H and O–H groups in total. The Morgan fingerprint density at radius 1 is 1.20 bits per heavy atom. The summed E-state index contributed by atoms with van der Waals surface area (Å²) in [5.74, 6) is -1.77. The van der Waals surface area contributed by atoms with Crippen molar-refractivity contribution in [1.29, 1.82) is 0 Å². The van der Waals surface area contributed by atoms with Gasteiger partial charge in [-0.25, -0.2) is 4.39 Å². The Bertz CT molecular complexity index is 525. The Balaban J connectivity index is 2.04. The number of nitrogens with two attached hydrogens (primary N) is 2. The molecule has 1 saturated carbocycles. The average molecular weight is 279 g/mol. The van der Waals surface area contributed by atoms with Crippen LogP contribution in [0.2, 0.25) is 0 Å². The molecule has 1 aromatic carbocycles. The van der Waals surface area contributed by atoms with Crippen molar-refractivity contribution in [3.8, 4) is 0 Å². The fraction of sp³-hybridized carbons (Fsp3) is 0.429. The van der Waals surface area contributed by atoms with Gasteiger partial charge in [0.2, 0.25) is 5.91 Å². The van der Waals surface area contributed by atoms with E-state index in [1.165, 1.54) is 12.1 Å². The molecule has 0 aromatic heterocycles. The zero-order valence-corrected chi connectivity index (χ0v) is 11.1. The molecule has 6 heteroatoms. The van der Waals surface area contributed by atoms with E-state index >= 15 is 0 Å². The highest BCUT2D eigenvalue weighted by Gasteiger charge is 2.24. The molecule has 2 amide bonds. The summed E-state index contributed by atoms with van der Waals surface area (Å²) in [5, 5.41) is 2.69. The molecule has 0 spiro atoms. The molecule has 1 aliphatic rings. The molecular formula is C14H18FN3O2. The van der Waals surface area contributed by atoms with E-state index in [0.29, 0.717) is 5.69 Å². The maximum Gasteiger partial charge on any atom is 0.251 e. The Kier molecular flexibility index (Phi) is 4.34. The third-order valence-corrected chi connectivity index (χ3v) is 3.64. The SMILES string of the molecule is NC(=O)c1cc(NC(=O)C2CCC(N)CC2)ccc1F. The second kappa shape index (κ2) is 6.00. The van der Waals surface area contributed by atoms with Gasteiger partial charge in [-0.05, 0) is 43.9 Å². The fourth-order valence-corrected chi connectivity index (χ4v) is 2.42. The van der Waals surface area contributed by atoms with E-state index in [4.69, 9.17) is 11.5 Å². The summed E-state index contributed by atoms with van der Waals surface area (Å²) >= 11 is 0. The standard InChI is InChI=1S/C14H18FN3O2/c15-12-6-5-10(7-11(12)13(17)19)18-14(20)8-1-3-9(16)4-2-8/h5-9H,1-4,16H2,(H2,17,19)(H,18,20). The van der Waals surface area contributed by atoms with Crippen molar-refractivity contribution in [2.75, 3.05) is 5.32 Å². The second-order valence-corrected chi connectivity index (χ2v) is 5.16. The number of carbonyl (C=O) groups excluding carboxylic acids is 2. The largest absolute Gasteiger partial charge is 0.366 e. The molecule has 0 aliphatic heterocycles. The highest BCUT2D eigenvalue weighted by atomic mass is 19.1. The van der Waals surface area contributed by atoms with E-state index in [0.717, 1.165) is 31.7 Å². The molecule has 20 heavy (non-hydrogen) atoms. The summed E-state index contributed by atoms with van der Waals surface area (Å²) in [6, 6.07) is 3.96. The maximum atomic E-state index is 13.3. The molecule has 5 nitrogen and oxygen atoms in total. The number of halogens is 1. The predicted molar refractivity (Wildman–Crippen MR) is 73.5 cm³/mol. The molecule has 0 atom stereocenters. The summed E-state index contributed by atoms with van der Waals surface area (Å²) in [6.45, 7) is 0. The van der Waals surface area contributed by atoms with Gasteiger partial charge in [-0.2, -0.15) is 0 Å². The normalized spacial score (nSPS) is 22.3. The molecule has 1 aliphatic carbocycles. The van der Waals surface area contributed by atoms with Crippen molar-refractivity contribution in [2.45, 2.75) is 31.7 Å². The van der Waals surface area contributed by atoms with Crippen LogP contribution in [0.1, 0.15) is 36.0 Å². The van der Waals surface area contributed by atoms with Gasteiger partial charge >= 0.3 is 0 Å². The molecule has 0 saturated heterocycles. The first-order valence-electron chi connectivity index (χ1n) is 6.63. The minimum Gasteiger partial charge on any atom is -0.366 e. The molecule has 2 rings (SSSR count). The minimum absolute atomic E-state index is 0.0862. The van der Waals surface area contributed by atoms with E-state index < -0.39 is 11.7 Å². The lowest BCUT2D eigenvalue weighted by Crippen LogP contribution is -2.32. The summed E-state index contributed by atoms with van der Waals surface area (Å²) in [4.78, 5) is 23.1. The van der Waals surface area contributed by atoms with Gasteiger partial charge in [0.15, 0.2) is 0 Å². The molecule has 1 fully saturated rings. The molecule has 0 radical (unpaired) electrons. The third kappa shape index (κ3) is 3.33. The Hall–Kier alpha value is -1.95. The van der Waals surface area contributed by atoms with Gasteiger partial charge < -0.3 is 16.8 Å². The van der Waals surface area contributed by atoms with Crippen LogP contribution in [-0.4, -0.2) is 17.9 Å². The maximum absolute atomic E-state index is 13.3. The number of primary amides is 1. The number of hydrogen-bond donors (Lipinski definition) is 3. The van der Waals surface area contributed by atoms with E-state index in [1.807, 2.05) is 0 Å². The monoisotopic (exact) mass is 279 g/mol. The molecule has 108 valence electrons. The second-order valence-electron chi connectivity index (χ2n) is 5.16.